The van der Waals surface area contributed by atoms with Crippen LogP contribution in [-0.2, 0) is 0 Å². The Bertz CT molecular complexity index is 362. The third-order valence-corrected chi connectivity index (χ3v) is 5.42. The fraction of sp³-hybridized carbons (Fsp3) is 0.818. The van der Waals surface area contributed by atoms with Gasteiger partial charge in [-0.05, 0) is 31.6 Å². The summed E-state index contributed by atoms with van der Waals surface area (Å²) in [5.74, 6) is 0. The maximum atomic E-state index is 6.19. The summed E-state index contributed by atoms with van der Waals surface area (Å²) in [5, 5.41) is 9.75. The van der Waals surface area contributed by atoms with E-state index in [1.807, 2.05) is 18.7 Å². The predicted octanol–water partition coefficient (Wildman–Crippen LogP) is 2.84. The van der Waals surface area contributed by atoms with Gasteiger partial charge in [-0.25, -0.2) is 0 Å². The zero-order valence-corrected chi connectivity index (χ0v) is 11.7. The molecule has 1 aliphatic carbocycles. The molecule has 1 fully saturated rings. The summed E-state index contributed by atoms with van der Waals surface area (Å²) in [6.07, 6.45) is 3.54. The van der Waals surface area contributed by atoms with Crippen molar-refractivity contribution < 1.29 is 0 Å². The summed E-state index contributed by atoms with van der Waals surface area (Å²) in [7, 11) is 0. The number of thioether (sulfide) groups is 1. The topological polar surface area (TPSA) is 51.8 Å². The third-order valence-electron chi connectivity index (χ3n) is 3.15. The first-order valence-electron chi connectivity index (χ1n) is 5.69. The number of aryl methyl sites for hydroxylation is 1. The molecule has 1 saturated carbocycles. The van der Waals surface area contributed by atoms with Crippen molar-refractivity contribution in [2.75, 3.05) is 0 Å². The molecule has 0 saturated heterocycles. The van der Waals surface area contributed by atoms with Crippen LogP contribution in [0.4, 0.5) is 0 Å². The van der Waals surface area contributed by atoms with Crippen LogP contribution in [0.3, 0.4) is 0 Å². The first kappa shape index (κ1) is 12.3. The van der Waals surface area contributed by atoms with Crippen molar-refractivity contribution in [3.05, 3.63) is 5.01 Å². The van der Waals surface area contributed by atoms with Crippen molar-refractivity contribution in [3.63, 3.8) is 0 Å². The first-order chi connectivity index (χ1) is 7.46. The summed E-state index contributed by atoms with van der Waals surface area (Å²) in [6.45, 7) is 6.65. The molecular formula is C11H19N3S2. The molecule has 0 spiro atoms. The number of rotatable bonds is 2. The van der Waals surface area contributed by atoms with Gasteiger partial charge in [-0.15, -0.1) is 10.2 Å². The molecule has 1 heterocycles. The van der Waals surface area contributed by atoms with Crippen LogP contribution in [0.1, 0.15) is 38.1 Å². The predicted molar refractivity (Wildman–Crippen MR) is 69.9 cm³/mol. The molecule has 0 amide bonds. The van der Waals surface area contributed by atoms with Gasteiger partial charge in [-0.2, -0.15) is 0 Å². The van der Waals surface area contributed by atoms with Gasteiger partial charge in [0.05, 0.1) is 0 Å². The molecule has 1 aromatic rings. The Morgan fingerprint density at radius 3 is 2.81 bits per heavy atom. The average Bonchev–Trinajstić information content (AvgIpc) is 2.58. The minimum absolute atomic E-state index is 0.308. The lowest BCUT2D eigenvalue weighted by Gasteiger charge is -2.38. The lowest BCUT2D eigenvalue weighted by molar-refractivity contribution is 0.232. The molecule has 5 heteroatoms. The van der Waals surface area contributed by atoms with Gasteiger partial charge in [0.15, 0.2) is 4.34 Å². The minimum atomic E-state index is 0.308. The van der Waals surface area contributed by atoms with E-state index in [1.165, 1.54) is 12.8 Å². The highest BCUT2D eigenvalue weighted by atomic mass is 32.2. The largest absolute Gasteiger partial charge is 0.327 e. The molecule has 2 rings (SSSR count). The fourth-order valence-electron chi connectivity index (χ4n) is 2.13. The molecule has 3 nitrogen and oxygen atoms in total. The van der Waals surface area contributed by atoms with Gasteiger partial charge < -0.3 is 5.73 Å². The molecule has 1 aliphatic rings. The van der Waals surface area contributed by atoms with Crippen molar-refractivity contribution in [3.8, 4) is 0 Å². The van der Waals surface area contributed by atoms with E-state index in [0.29, 0.717) is 16.7 Å². The Balaban J connectivity index is 2.02. The molecular weight excluding hydrogens is 238 g/mol. The summed E-state index contributed by atoms with van der Waals surface area (Å²) in [4.78, 5) is 0. The van der Waals surface area contributed by atoms with E-state index in [4.69, 9.17) is 5.73 Å². The lowest BCUT2D eigenvalue weighted by atomic mass is 9.75. The van der Waals surface area contributed by atoms with Crippen LogP contribution in [0.5, 0.6) is 0 Å². The van der Waals surface area contributed by atoms with E-state index in [-0.39, 0.29) is 0 Å². The quantitative estimate of drug-likeness (QED) is 0.885. The van der Waals surface area contributed by atoms with Gasteiger partial charge in [0.25, 0.3) is 0 Å². The Morgan fingerprint density at radius 1 is 1.44 bits per heavy atom. The van der Waals surface area contributed by atoms with Crippen LogP contribution in [0.15, 0.2) is 4.34 Å². The summed E-state index contributed by atoms with van der Waals surface area (Å²) in [6, 6.07) is 0.308. The van der Waals surface area contributed by atoms with E-state index in [0.717, 1.165) is 15.8 Å². The second kappa shape index (κ2) is 4.63. The highest BCUT2D eigenvalue weighted by Gasteiger charge is 2.34. The summed E-state index contributed by atoms with van der Waals surface area (Å²) < 4.78 is 1.07. The molecule has 2 N–H and O–H groups in total. The molecule has 2 atom stereocenters. The first-order valence-corrected chi connectivity index (χ1v) is 7.38. The van der Waals surface area contributed by atoms with Crippen LogP contribution in [0.25, 0.3) is 0 Å². The van der Waals surface area contributed by atoms with E-state index in [2.05, 4.69) is 24.0 Å². The average molecular weight is 257 g/mol. The summed E-state index contributed by atoms with van der Waals surface area (Å²) >= 11 is 3.48. The van der Waals surface area contributed by atoms with Crippen molar-refractivity contribution in [2.24, 2.45) is 11.1 Å². The number of aromatic nitrogens is 2. The standard InChI is InChI=1S/C11H19N3S2/c1-7-13-14-10(15-7)16-9-6-11(2,3)5-4-8(9)12/h8-9H,4-6,12H2,1-3H3. The molecule has 0 radical (unpaired) electrons. The SMILES string of the molecule is Cc1nnc(SC2CC(C)(C)CCC2N)s1. The maximum absolute atomic E-state index is 6.19. The smallest absolute Gasteiger partial charge is 0.174 e. The van der Waals surface area contributed by atoms with Crippen molar-refractivity contribution in [1.29, 1.82) is 0 Å². The van der Waals surface area contributed by atoms with E-state index < -0.39 is 0 Å². The van der Waals surface area contributed by atoms with Crippen LogP contribution in [-0.4, -0.2) is 21.5 Å². The van der Waals surface area contributed by atoms with Crippen LogP contribution in [0.2, 0.25) is 0 Å². The van der Waals surface area contributed by atoms with Crippen LogP contribution in [0, 0.1) is 12.3 Å². The van der Waals surface area contributed by atoms with Gasteiger partial charge in [0.2, 0.25) is 0 Å². The lowest BCUT2D eigenvalue weighted by Crippen LogP contribution is -2.41. The van der Waals surface area contributed by atoms with Crippen molar-refractivity contribution in [1.82, 2.24) is 10.2 Å². The maximum Gasteiger partial charge on any atom is 0.174 e. The molecule has 0 aliphatic heterocycles. The third kappa shape index (κ3) is 2.96. The number of nitrogens with zero attached hydrogens (tertiary/aromatic N) is 2. The number of hydrogen-bond donors (Lipinski definition) is 1. The molecule has 90 valence electrons. The van der Waals surface area contributed by atoms with Gasteiger partial charge in [0, 0.05) is 11.3 Å². The zero-order valence-electron chi connectivity index (χ0n) is 10.1. The van der Waals surface area contributed by atoms with Gasteiger partial charge in [-0.3, -0.25) is 0 Å². The Kier molecular flexibility index (Phi) is 3.56. The number of hydrogen-bond acceptors (Lipinski definition) is 5. The second-order valence-corrected chi connectivity index (χ2v) is 7.98. The zero-order chi connectivity index (χ0) is 11.8. The summed E-state index contributed by atoms with van der Waals surface area (Å²) in [5.41, 5.74) is 6.61. The van der Waals surface area contributed by atoms with Gasteiger partial charge in [-0.1, -0.05) is 36.9 Å². The molecule has 2 unspecified atom stereocenters. The van der Waals surface area contributed by atoms with Crippen molar-refractivity contribution in [2.45, 2.75) is 55.7 Å². The fourth-order valence-corrected chi connectivity index (χ4v) is 4.66. The second-order valence-electron chi connectivity index (χ2n) is 5.31. The normalized spacial score (nSPS) is 29.2. The van der Waals surface area contributed by atoms with Crippen LogP contribution < -0.4 is 5.73 Å². The Morgan fingerprint density at radius 2 is 2.19 bits per heavy atom. The minimum Gasteiger partial charge on any atom is -0.327 e. The van der Waals surface area contributed by atoms with Crippen LogP contribution >= 0.6 is 23.1 Å². The van der Waals surface area contributed by atoms with E-state index in [9.17, 15) is 0 Å². The number of nitrogens with two attached hydrogens (primary N) is 1. The van der Waals surface area contributed by atoms with Gasteiger partial charge in [0.1, 0.15) is 5.01 Å². The molecule has 0 aromatic carbocycles. The molecule has 1 aromatic heterocycles. The molecule has 16 heavy (non-hydrogen) atoms. The molecule has 0 bridgehead atoms. The highest BCUT2D eigenvalue weighted by molar-refractivity contribution is 8.01. The van der Waals surface area contributed by atoms with Crippen molar-refractivity contribution >= 4 is 23.1 Å². The van der Waals surface area contributed by atoms with E-state index >= 15 is 0 Å². The van der Waals surface area contributed by atoms with E-state index in [1.54, 1.807) is 11.3 Å². The Hall–Kier alpha value is -0.130. The highest BCUT2D eigenvalue weighted by Crippen LogP contribution is 2.42. The Labute approximate surface area is 105 Å². The monoisotopic (exact) mass is 257 g/mol. The van der Waals surface area contributed by atoms with Gasteiger partial charge >= 0.3 is 0 Å².